The second-order valence-corrected chi connectivity index (χ2v) is 23.9. The molecule has 8 fully saturated rings. The highest BCUT2D eigenvalue weighted by Crippen LogP contribution is 2.70. The molecule has 0 aromatic carbocycles. The summed E-state index contributed by atoms with van der Waals surface area (Å²) in [5.41, 5.74) is 14.3. The van der Waals surface area contributed by atoms with Crippen LogP contribution >= 0.6 is 0 Å². The number of rotatable bonds is 12. The molecule has 10 heteroatoms. The Morgan fingerprint density at radius 3 is 1.31 bits per heavy atom. The van der Waals surface area contributed by atoms with Gasteiger partial charge in [0, 0.05) is 33.8 Å². The maximum atomic E-state index is 13.5. The van der Waals surface area contributed by atoms with Crippen molar-refractivity contribution in [1.29, 1.82) is 0 Å². The highest BCUT2D eigenvalue weighted by atomic mass is 16.6. The third-order valence-electron chi connectivity index (χ3n) is 20.7. The molecular formula is C52H84N4O6. The van der Waals surface area contributed by atoms with Crippen molar-refractivity contribution in [3.63, 3.8) is 0 Å². The number of carbonyl (C=O) groups is 2. The first-order chi connectivity index (χ1) is 29.4. The van der Waals surface area contributed by atoms with E-state index in [1.165, 1.54) is 62.1 Å². The van der Waals surface area contributed by atoms with Crippen molar-refractivity contribution < 1.29 is 28.7 Å². The van der Waals surface area contributed by atoms with Crippen LogP contribution in [0.4, 0.5) is 0 Å². The lowest BCUT2D eigenvalue weighted by Gasteiger charge is -2.63. The molecule has 0 saturated heterocycles. The third kappa shape index (κ3) is 7.70. The van der Waals surface area contributed by atoms with E-state index in [2.05, 4.69) is 65.7 Å². The molecule has 8 rings (SSSR count). The minimum atomic E-state index is -0.409. The van der Waals surface area contributed by atoms with Crippen molar-refractivity contribution in [3.05, 3.63) is 12.2 Å². The van der Waals surface area contributed by atoms with Gasteiger partial charge in [-0.2, -0.15) is 0 Å². The van der Waals surface area contributed by atoms with Gasteiger partial charge in [-0.05, 0) is 187 Å². The summed E-state index contributed by atoms with van der Waals surface area (Å²) in [4.78, 5) is 38.4. The molecule has 0 heterocycles. The molecule has 4 unspecified atom stereocenters. The summed E-state index contributed by atoms with van der Waals surface area (Å²) in [5, 5.41) is 9.37. The lowest BCUT2D eigenvalue weighted by atomic mass is 9.41. The van der Waals surface area contributed by atoms with E-state index in [1.54, 1.807) is 0 Å². The quantitative estimate of drug-likeness (QED) is 0.0853. The lowest BCUT2D eigenvalue weighted by Crippen LogP contribution is -2.58. The normalized spacial score (nSPS) is 45.3. The average molecular weight is 861 g/mol. The monoisotopic (exact) mass is 861 g/mol. The SMILES string of the molecule is CC1(C)/C(=N/OCCCN)CC[C@@]2(C)C1CC[C@@H]1[C@H]2CC[C@]2(C)C(OC(=O)/C=C/C(=O)OC3CC[C@H]4[C@@H]5CCC6C(C)(C)/C(=N/OCCCN)CC[C@]6(C)[C@@H]5CC[C@]34C)CC[C@@H]12. The van der Waals surface area contributed by atoms with Gasteiger partial charge in [0.2, 0.25) is 0 Å². The fourth-order valence-corrected chi connectivity index (χ4v) is 17.5. The summed E-state index contributed by atoms with van der Waals surface area (Å²) >= 11 is 0. The number of hydrogen-bond acceptors (Lipinski definition) is 10. The van der Waals surface area contributed by atoms with Crippen LogP contribution in [0.1, 0.15) is 171 Å². The van der Waals surface area contributed by atoms with Crippen LogP contribution in [0.25, 0.3) is 0 Å². The Balaban J connectivity index is 0.847. The predicted molar refractivity (Wildman–Crippen MR) is 245 cm³/mol. The Morgan fingerprint density at radius 1 is 0.532 bits per heavy atom. The van der Waals surface area contributed by atoms with Gasteiger partial charge < -0.3 is 30.6 Å². The van der Waals surface area contributed by atoms with Gasteiger partial charge in [-0.15, -0.1) is 0 Å². The zero-order valence-corrected chi connectivity index (χ0v) is 40.0. The van der Waals surface area contributed by atoms with Crippen LogP contribution in [0.2, 0.25) is 0 Å². The molecule has 8 aliphatic carbocycles. The number of esters is 2. The van der Waals surface area contributed by atoms with Gasteiger partial charge in [0.25, 0.3) is 0 Å². The molecule has 4 N–H and O–H groups in total. The summed E-state index contributed by atoms with van der Waals surface area (Å²) in [6.45, 7) is 21.9. The first-order valence-electron chi connectivity index (χ1n) is 25.3. The molecule has 10 nitrogen and oxygen atoms in total. The number of nitrogens with two attached hydrogens (primary N) is 2. The van der Waals surface area contributed by atoms with Gasteiger partial charge in [0.1, 0.15) is 25.4 Å². The molecular weight excluding hydrogens is 777 g/mol. The smallest absolute Gasteiger partial charge is 0.331 e. The first kappa shape index (κ1) is 46.1. The minimum absolute atomic E-state index is 0.00618. The van der Waals surface area contributed by atoms with E-state index in [1.807, 2.05) is 0 Å². The van der Waals surface area contributed by atoms with Gasteiger partial charge in [-0.1, -0.05) is 65.7 Å². The standard InChI is InChI=1S/C52H84N4O6/c1-47(2)39-15-11-33-35-13-17-43(51(35,7)25-21-37(33)49(39,5)27-23-41(47)55-59-31-9-29-53)61-45(57)19-20-46(58)62-44-18-14-36-34-12-16-40-48(3,4)42(56-60-32-10-30-54)24-28-50(40,6)38(34)22-26-52(36,44)8/h19-20,33-40,43-44H,9-18,21-32,53-54H2,1-8H3/b20-19+,55-41+,56-42+/t33-,34-,35-,36-,37+,38+,39?,40?,43?,44?,49+,50+,51-,52-/m0/s1. The molecule has 0 amide bonds. The molecule has 0 radical (unpaired) electrons. The molecule has 14 atom stereocenters. The Kier molecular flexibility index (Phi) is 12.9. The Hall–Kier alpha value is -2.46. The van der Waals surface area contributed by atoms with E-state index < -0.39 is 11.9 Å². The number of fused-ring (bicyclic) bond motifs is 10. The van der Waals surface area contributed by atoms with Crippen LogP contribution in [0.3, 0.4) is 0 Å². The van der Waals surface area contributed by atoms with E-state index in [9.17, 15) is 9.59 Å². The number of carbonyl (C=O) groups excluding carboxylic acids is 2. The van der Waals surface area contributed by atoms with Crippen molar-refractivity contribution in [1.82, 2.24) is 0 Å². The molecule has 0 aromatic rings. The fraction of sp³-hybridized carbons (Fsp3) is 0.885. The van der Waals surface area contributed by atoms with Crippen molar-refractivity contribution in [2.24, 2.45) is 102 Å². The number of ether oxygens (including phenoxy) is 2. The molecule has 62 heavy (non-hydrogen) atoms. The van der Waals surface area contributed by atoms with E-state index in [0.717, 1.165) is 77.0 Å². The highest BCUT2D eigenvalue weighted by Gasteiger charge is 2.65. The van der Waals surface area contributed by atoms with E-state index in [-0.39, 0.29) is 44.7 Å². The van der Waals surface area contributed by atoms with Crippen molar-refractivity contribution in [2.75, 3.05) is 26.3 Å². The zero-order valence-electron chi connectivity index (χ0n) is 40.0. The van der Waals surface area contributed by atoms with Gasteiger partial charge >= 0.3 is 11.9 Å². The van der Waals surface area contributed by atoms with Crippen molar-refractivity contribution >= 4 is 23.4 Å². The average Bonchev–Trinajstić information content (AvgIpc) is 3.74. The minimum Gasteiger partial charge on any atom is -0.459 e. The van der Waals surface area contributed by atoms with Gasteiger partial charge in [0.15, 0.2) is 0 Å². The number of hydrogen-bond donors (Lipinski definition) is 2. The van der Waals surface area contributed by atoms with E-state index >= 15 is 0 Å². The van der Waals surface area contributed by atoms with Crippen LogP contribution in [0.5, 0.6) is 0 Å². The molecule has 8 aliphatic rings. The topological polar surface area (TPSA) is 148 Å². The largest absolute Gasteiger partial charge is 0.459 e. The molecule has 348 valence electrons. The molecule has 0 bridgehead atoms. The second kappa shape index (κ2) is 17.4. The summed E-state index contributed by atoms with van der Waals surface area (Å²) in [6, 6.07) is 0. The van der Waals surface area contributed by atoms with Gasteiger partial charge in [-0.25, -0.2) is 9.59 Å². The summed E-state index contributed by atoms with van der Waals surface area (Å²) in [5.74, 6) is 4.09. The van der Waals surface area contributed by atoms with E-state index in [4.69, 9.17) is 30.6 Å². The molecule has 0 aromatic heterocycles. The summed E-state index contributed by atoms with van der Waals surface area (Å²) < 4.78 is 12.6. The van der Waals surface area contributed by atoms with Crippen LogP contribution in [-0.2, 0) is 28.7 Å². The Labute approximate surface area is 374 Å². The zero-order chi connectivity index (χ0) is 44.3. The van der Waals surface area contributed by atoms with Crippen molar-refractivity contribution in [2.45, 2.75) is 183 Å². The fourth-order valence-electron chi connectivity index (χ4n) is 17.5. The van der Waals surface area contributed by atoms with Crippen molar-refractivity contribution in [3.8, 4) is 0 Å². The summed E-state index contributed by atoms with van der Waals surface area (Å²) in [6.07, 6.45) is 21.8. The van der Waals surface area contributed by atoms with E-state index in [0.29, 0.717) is 73.6 Å². The summed E-state index contributed by atoms with van der Waals surface area (Å²) in [7, 11) is 0. The number of oxime groups is 2. The van der Waals surface area contributed by atoms with Gasteiger partial charge in [-0.3, -0.25) is 0 Å². The van der Waals surface area contributed by atoms with Crippen LogP contribution in [0, 0.1) is 79.8 Å². The molecule has 0 aliphatic heterocycles. The van der Waals surface area contributed by atoms with Crippen LogP contribution < -0.4 is 11.5 Å². The lowest BCUT2D eigenvalue weighted by molar-refractivity contribution is -0.162. The Bertz CT molecular complexity index is 1630. The maximum absolute atomic E-state index is 13.5. The highest BCUT2D eigenvalue weighted by molar-refractivity contribution is 5.92. The predicted octanol–water partition coefficient (Wildman–Crippen LogP) is 10.2. The van der Waals surface area contributed by atoms with Crippen LogP contribution in [0.15, 0.2) is 22.5 Å². The number of nitrogens with zero attached hydrogens (tertiary/aromatic N) is 2. The Morgan fingerprint density at radius 2 is 0.919 bits per heavy atom. The first-order valence-corrected chi connectivity index (χ1v) is 25.3. The maximum Gasteiger partial charge on any atom is 0.331 e. The molecule has 0 spiro atoms. The third-order valence-corrected chi connectivity index (χ3v) is 20.7. The van der Waals surface area contributed by atoms with Gasteiger partial charge in [0.05, 0.1) is 11.4 Å². The van der Waals surface area contributed by atoms with Crippen LogP contribution in [-0.4, -0.2) is 61.9 Å². The second-order valence-electron chi connectivity index (χ2n) is 23.9. The molecule has 8 saturated carbocycles.